The Hall–Kier alpha value is -2.46. The van der Waals surface area contributed by atoms with Crippen LogP contribution >= 0.6 is 11.6 Å². The van der Waals surface area contributed by atoms with Crippen molar-refractivity contribution in [3.05, 3.63) is 71.1 Å². The highest BCUT2D eigenvalue weighted by Gasteiger charge is 2.14. The number of carbonyl (C=O) groups is 1. The molecule has 116 valence electrons. The van der Waals surface area contributed by atoms with Gasteiger partial charge < -0.3 is 0 Å². The summed E-state index contributed by atoms with van der Waals surface area (Å²) in [5, 5.41) is 4.75. The van der Waals surface area contributed by atoms with Gasteiger partial charge in [-0.25, -0.2) is 5.43 Å². The molecule has 0 spiro atoms. The highest BCUT2D eigenvalue weighted by Crippen LogP contribution is 2.31. The molecule has 0 aliphatic heterocycles. The van der Waals surface area contributed by atoms with Gasteiger partial charge in [-0.15, -0.1) is 0 Å². The molecule has 0 unspecified atom stereocenters. The molecule has 1 N–H and O–H groups in total. The summed E-state index contributed by atoms with van der Waals surface area (Å²) in [5.41, 5.74) is 6.21. The van der Waals surface area contributed by atoms with Crippen LogP contribution in [-0.2, 0) is 6.42 Å². The molecule has 3 rings (SSSR count). The first-order chi connectivity index (χ1) is 11.3. The monoisotopic (exact) mass is 325 g/mol. The number of aryl methyl sites for hydroxylation is 1. The topological polar surface area (TPSA) is 54.4 Å². The number of carbonyl (C=O) groups excluding carboxylic acids is 1. The van der Waals surface area contributed by atoms with Gasteiger partial charge >= 0.3 is 0 Å². The Balaban J connectivity index is 1.75. The molecule has 0 bridgehead atoms. The molecule has 0 saturated heterocycles. The van der Waals surface area contributed by atoms with Crippen molar-refractivity contribution >= 4 is 28.8 Å². The summed E-state index contributed by atoms with van der Waals surface area (Å²) in [4.78, 5) is 15.8. The average molecular weight is 326 g/mol. The normalized spacial score (nSPS) is 14.5. The van der Waals surface area contributed by atoms with E-state index >= 15 is 0 Å². The van der Waals surface area contributed by atoms with Crippen molar-refractivity contribution in [2.45, 2.75) is 19.3 Å². The first-order valence-electron chi connectivity index (χ1n) is 7.46. The van der Waals surface area contributed by atoms with Gasteiger partial charge in [-0.3, -0.25) is 9.78 Å². The van der Waals surface area contributed by atoms with E-state index in [2.05, 4.69) is 21.6 Å². The van der Waals surface area contributed by atoms with Gasteiger partial charge in [-0.2, -0.15) is 5.10 Å². The number of rotatable bonds is 3. The maximum absolute atomic E-state index is 11.9. The number of fused-ring (bicyclic) bond motifs is 1. The Morgan fingerprint density at radius 2 is 2.09 bits per heavy atom. The summed E-state index contributed by atoms with van der Waals surface area (Å²) in [6, 6.07) is 11.5. The van der Waals surface area contributed by atoms with Gasteiger partial charge in [-0.05, 0) is 48.1 Å². The van der Waals surface area contributed by atoms with Crippen LogP contribution in [0, 0.1) is 0 Å². The summed E-state index contributed by atoms with van der Waals surface area (Å²) in [5.74, 6) is -0.292. The quantitative estimate of drug-likeness (QED) is 0.689. The van der Waals surface area contributed by atoms with Crippen molar-refractivity contribution in [1.29, 1.82) is 0 Å². The molecule has 1 aliphatic rings. The summed E-state index contributed by atoms with van der Waals surface area (Å²) in [7, 11) is 0. The number of hydrogen-bond donors (Lipinski definition) is 1. The van der Waals surface area contributed by atoms with Crippen molar-refractivity contribution in [1.82, 2.24) is 10.4 Å². The number of amides is 1. The van der Waals surface area contributed by atoms with E-state index in [1.165, 1.54) is 11.8 Å². The van der Waals surface area contributed by atoms with Crippen LogP contribution in [0.25, 0.3) is 5.03 Å². The molecule has 0 saturated carbocycles. The van der Waals surface area contributed by atoms with E-state index in [0.29, 0.717) is 10.6 Å². The Morgan fingerprint density at radius 3 is 2.91 bits per heavy atom. The van der Waals surface area contributed by atoms with E-state index < -0.39 is 0 Å². The molecule has 0 fully saturated rings. The molecular weight excluding hydrogens is 310 g/mol. The number of pyridine rings is 1. The number of nitrogens with one attached hydrogen (secondary N) is 1. The number of hydrazone groups is 1. The van der Waals surface area contributed by atoms with Crippen molar-refractivity contribution in [3.8, 4) is 0 Å². The largest absolute Gasteiger partial charge is 0.272 e. The fraction of sp³-hybridized carbons (Fsp3) is 0.167. The van der Waals surface area contributed by atoms with Crippen LogP contribution in [0.5, 0.6) is 0 Å². The minimum absolute atomic E-state index is 0.292. The summed E-state index contributed by atoms with van der Waals surface area (Å²) < 4.78 is 0. The van der Waals surface area contributed by atoms with Gasteiger partial charge in [0.2, 0.25) is 0 Å². The maximum atomic E-state index is 11.9. The van der Waals surface area contributed by atoms with Crippen molar-refractivity contribution in [2.24, 2.45) is 5.10 Å². The average Bonchev–Trinajstić information content (AvgIpc) is 2.75. The van der Waals surface area contributed by atoms with Gasteiger partial charge in [0.15, 0.2) is 0 Å². The Bertz CT molecular complexity index is 769. The fourth-order valence-corrected chi connectivity index (χ4v) is 2.88. The highest BCUT2D eigenvalue weighted by atomic mass is 35.5. The third kappa shape index (κ3) is 3.66. The van der Waals surface area contributed by atoms with E-state index in [1.807, 2.05) is 18.2 Å². The molecule has 4 nitrogen and oxygen atoms in total. The minimum atomic E-state index is -0.292. The fourth-order valence-electron chi connectivity index (χ4n) is 2.56. The predicted octanol–water partition coefficient (Wildman–Crippen LogP) is 3.78. The second kappa shape index (κ2) is 7.20. The smallest absolute Gasteiger partial charge is 0.267 e. The lowest BCUT2D eigenvalue weighted by Gasteiger charge is -2.05. The Kier molecular flexibility index (Phi) is 4.83. The molecule has 5 heteroatoms. The van der Waals surface area contributed by atoms with Gasteiger partial charge in [-0.1, -0.05) is 35.9 Å². The van der Waals surface area contributed by atoms with E-state index in [-0.39, 0.29) is 5.91 Å². The SMILES string of the molecule is O=C(N/N=C/C1=C(Cl)c2ccccc2CCC1)c1cccnc1. The lowest BCUT2D eigenvalue weighted by Crippen LogP contribution is -2.17. The molecule has 0 atom stereocenters. The first-order valence-corrected chi connectivity index (χ1v) is 7.84. The molecule has 2 aromatic rings. The zero-order valence-corrected chi connectivity index (χ0v) is 13.3. The van der Waals surface area contributed by atoms with Gasteiger partial charge in [0.25, 0.3) is 5.91 Å². The minimum Gasteiger partial charge on any atom is -0.267 e. The molecule has 1 aromatic heterocycles. The maximum Gasteiger partial charge on any atom is 0.272 e. The summed E-state index contributed by atoms with van der Waals surface area (Å²) >= 11 is 6.52. The molecule has 1 aliphatic carbocycles. The molecule has 1 amide bonds. The van der Waals surface area contributed by atoms with Crippen LogP contribution in [-0.4, -0.2) is 17.1 Å². The van der Waals surface area contributed by atoms with Crippen LogP contribution in [0.2, 0.25) is 0 Å². The number of benzene rings is 1. The predicted molar refractivity (Wildman–Crippen MR) is 92.3 cm³/mol. The lowest BCUT2D eigenvalue weighted by molar-refractivity contribution is 0.0955. The van der Waals surface area contributed by atoms with Crippen LogP contribution in [0.4, 0.5) is 0 Å². The highest BCUT2D eigenvalue weighted by molar-refractivity contribution is 6.50. The van der Waals surface area contributed by atoms with E-state index in [1.54, 1.807) is 24.5 Å². The molecular formula is C18H16ClN3O. The van der Waals surface area contributed by atoms with Gasteiger partial charge in [0.1, 0.15) is 0 Å². The van der Waals surface area contributed by atoms with Gasteiger partial charge in [0, 0.05) is 12.4 Å². The van der Waals surface area contributed by atoms with Crippen molar-refractivity contribution < 1.29 is 4.79 Å². The van der Waals surface area contributed by atoms with E-state index in [4.69, 9.17) is 11.6 Å². The van der Waals surface area contributed by atoms with Crippen LogP contribution in [0.1, 0.15) is 34.3 Å². The zero-order chi connectivity index (χ0) is 16.1. The summed E-state index contributed by atoms with van der Waals surface area (Å²) in [6.07, 6.45) is 7.59. The second-order valence-corrected chi connectivity index (χ2v) is 5.67. The van der Waals surface area contributed by atoms with Crippen molar-refractivity contribution in [2.75, 3.05) is 0 Å². The second-order valence-electron chi connectivity index (χ2n) is 5.29. The standard InChI is InChI=1S/C18H16ClN3O/c19-17-14(7-3-6-13-5-1-2-9-16(13)17)12-21-22-18(23)15-8-4-10-20-11-15/h1-2,4-5,8-12H,3,6-7H2,(H,22,23)/b21-12+. The first kappa shape index (κ1) is 15.4. The number of halogens is 1. The van der Waals surface area contributed by atoms with Gasteiger partial charge in [0.05, 0.1) is 16.8 Å². The molecule has 1 heterocycles. The number of hydrogen-bond acceptors (Lipinski definition) is 3. The molecule has 0 radical (unpaired) electrons. The Labute approximate surface area is 139 Å². The van der Waals surface area contributed by atoms with Crippen molar-refractivity contribution in [3.63, 3.8) is 0 Å². The third-order valence-corrected chi connectivity index (χ3v) is 4.18. The van der Waals surface area contributed by atoms with Crippen LogP contribution < -0.4 is 5.43 Å². The molecule has 23 heavy (non-hydrogen) atoms. The van der Waals surface area contributed by atoms with E-state index in [0.717, 1.165) is 30.4 Å². The number of nitrogens with zero attached hydrogens (tertiary/aromatic N) is 2. The third-order valence-electron chi connectivity index (χ3n) is 3.74. The van der Waals surface area contributed by atoms with Crippen LogP contribution in [0.3, 0.4) is 0 Å². The molecule has 1 aromatic carbocycles. The lowest BCUT2D eigenvalue weighted by atomic mass is 10.0. The number of aromatic nitrogens is 1. The number of allylic oxidation sites excluding steroid dienone is 1. The van der Waals surface area contributed by atoms with Crippen LogP contribution in [0.15, 0.2) is 59.5 Å². The summed E-state index contributed by atoms with van der Waals surface area (Å²) in [6.45, 7) is 0. The Morgan fingerprint density at radius 1 is 1.22 bits per heavy atom. The van der Waals surface area contributed by atoms with E-state index in [9.17, 15) is 4.79 Å². The zero-order valence-electron chi connectivity index (χ0n) is 12.5.